The number of carbonyl (C=O) groups excluding carboxylic acids is 2. The molecule has 2 aromatic carbocycles. The number of hydrogen-bond donors (Lipinski definition) is 2. The molecule has 2 aromatic rings. The quantitative estimate of drug-likeness (QED) is 0.152. The van der Waals surface area contributed by atoms with Crippen molar-refractivity contribution >= 4 is 30.7 Å². The van der Waals surface area contributed by atoms with E-state index < -0.39 is 83.5 Å². The van der Waals surface area contributed by atoms with Crippen LogP contribution in [0.5, 0.6) is 5.75 Å². The summed E-state index contributed by atoms with van der Waals surface area (Å²) in [5.41, 5.74) is -1.30. The molecule has 4 atom stereocenters. The highest BCUT2D eigenvalue weighted by molar-refractivity contribution is 6.43. The lowest BCUT2D eigenvalue weighted by atomic mass is 9.59. The van der Waals surface area contributed by atoms with E-state index in [1.807, 2.05) is 6.92 Å². The van der Waals surface area contributed by atoms with Gasteiger partial charge in [-0.25, -0.2) is 9.29 Å². The van der Waals surface area contributed by atoms with Crippen LogP contribution in [0.1, 0.15) is 56.2 Å². The topological polar surface area (TPSA) is 87.1 Å². The van der Waals surface area contributed by atoms with Crippen molar-refractivity contribution in [1.82, 2.24) is 0 Å². The Morgan fingerprint density at radius 1 is 1.02 bits per heavy atom. The number of rotatable bonds is 6. The second-order valence-electron chi connectivity index (χ2n) is 11.7. The van der Waals surface area contributed by atoms with Crippen LogP contribution in [0.15, 0.2) is 53.1 Å². The lowest BCUT2D eigenvalue weighted by molar-refractivity contribution is -0.143. The molecule has 1 aliphatic carbocycles. The van der Waals surface area contributed by atoms with E-state index in [1.165, 1.54) is 12.1 Å². The molecule has 2 amide bonds. The van der Waals surface area contributed by atoms with E-state index in [1.54, 1.807) is 19.1 Å². The summed E-state index contributed by atoms with van der Waals surface area (Å²) >= 11 is 0. The summed E-state index contributed by atoms with van der Waals surface area (Å²) in [6, 6.07) is 4.64. The van der Waals surface area contributed by atoms with Gasteiger partial charge in [0.1, 0.15) is 0 Å². The number of phenolic OH excluding ortho intramolecular Hbond substituents is 1. The number of aromatic hydroxyl groups is 1. The number of anilines is 1. The van der Waals surface area contributed by atoms with E-state index in [2.05, 4.69) is 0 Å². The van der Waals surface area contributed by atoms with E-state index in [0.29, 0.717) is 53.0 Å². The molecule has 14 heteroatoms. The highest BCUT2D eigenvalue weighted by atomic mass is 19.4. The number of alkyl halides is 6. The van der Waals surface area contributed by atoms with Crippen molar-refractivity contribution in [3.63, 3.8) is 0 Å². The summed E-state index contributed by atoms with van der Waals surface area (Å²) in [5, 5.41) is 20.1. The number of fused-ring (bicyclic) bond motifs is 3. The number of benzene rings is 2. The summed E-state index contributed by atoms with van der Waals surface area (Å²) in [5.74, 6) is -5.95. The first-order valence-corrected chi connectivity index (χ1v) is 14.4. The molecular weight excluding hydrogens is 610 g/mol. The minimum Gasteiger partial charge on any atom is -0.505 e. The second kappa shape index (κ2) is 11.9. The molecule has 2 fully saturated rings. The van der Waals surface area contributed by atoms with Crippen molar-refractivity contribution < 1.29 is 55.1 Å². The van der Waals surface area contributed by atoms with Crippen LogP contribution in [-0.4, -0.2) is 35.2 Å². The van der Waals surface area contributed by atoms with Crippen LogP contribution in [0, 0.1) is 23.6 Å². The van der Waals surface area contributed by atoms with E-state index in [4.69, 9.17) is 4.65 Å². The summed E-state index contributed by atoms with van der Waals surface area (Å²) < 4.78 is 101. The molecule has 0 bridgehead atoms. The van der Waals surface area contributed by atoms with Gasteiger partial charge in [0, 0.05) is 0 Å². The van der Waals surface area contributed by atoms with Gasteiger partial charge in [-0.1, -0.05) is 30.2 Å². The van der Waals surface area contributed by atoms with Crippen LogP contribution >= 0.6 is 0 Å². The third kappa shape index (κ3) is 6.39. The average molecular weight is 639 g/mol. The molecule has 6 nitrogen and oxygen atoms in total. The van der Waals surface area contributed by atoms with Gasteiger partial charge in [-0.05, 0) is 86.3 Å². The van der Waals surface area contributed by atoms with Gasteiger partial charge < -0.3 is 14.8 Å². The smallest absolute Gasteiger partial charge is 0.455 e. The fourth-order valence-electron chi connectivity index (χ4n) is 6.76. The largest absolute Gasteiger partial charge is 0.505 e. The predicted molar refractivity (Wildman–Crippen MR) is 150 cm³/mol. The van der Waals surface area contributed by atoms with E-state index in [0.717, 1.165) is 5.57 Å². The average Bonchev–Trinajstić information content (AvgIpc) is 3.20. The first-order valence-electron chi connectivity index (χ1n) is 14.4. The number of allylic oxidation sites excluding steroid dienone is 2. The van der Waals surface area contributed by atoms with E-state index >= 15 is 0 Å². The molecule has 0 saturated carbocycles. The van der Waals surface area contributed by atoms with Crippen LogP contribution in [0.2, 0.25) is 6.32 Å². The normalized spacial score (nSPS) is 24.4. The molecule has 45 heavy (non-hydrogen) atoms. The van der Waals surface area contributed by atoms with Crippen molar-refractivity contribution in [3.05, 3.63) is 75.6 Å². The molecule has 0 aromatic heterocycles. The zero-order valence-electron chi connectivity index (χ0n) is 24.2. The minimum atomic E-state index is -5.17. The zero-order chi connectivity index (χ0) is 33.0. The van der Waals surface area contributed by atoms with Gasteiger partial charge in [-0.15, -0.1) is 0 Å². The molecule has 5 rings (SSSR count). The number of nitrogens with zero attached hydrogens (tertiary/aromatic N) is 1. The lowest BCUT2D eigenvalue weighted by Crippen LogP contribution is -2.46. The van der Waals surface area contributed by atoms with Crippen LogP contribution in [0.25, 0.3) is 6.08 Å². The van der Waals surface area contributed by atoms with Crippen molar-refractivity contribution in [2.45, 2.75) is 64.3 Å². The van der Waals surface area contributed by atoms with Crippen LogP contribution in [0.3, 0.4) is 0 Å². The zero-order valence-corrected chi connectivity index (χ0v) is 24.2. The minimum absolute atomic E-state index is 0.0435. The maximum atomic E-state index is 13.8. The maximum Gasteiger partial charge on any atom is 0.455 e. The molecule has 0 spiro atoms. The van der Waals surface area contributed by atoms with Gasteiger partial charge in [0.25, 0.3) is 0 Å². The van der Waals surface area contributed by atoms with Crippen molar-refractivity contribution in [2.75, 3.05) is 4.90 Å². The monoisotopic (exact) mass is 639 g/mol. The van der Waals surface area contributed by atoms with Crippen LogP contribution < -0.4 is 4.90 Å². The Labute approximate surface area is 254 Å². The molecule has 0 unspecified atom stereocenters. The van der Waals surface area contributed by atoms with Crippen LogP contribution in [-0.2, 0) is 26.6 Å². The number of amides is 2. The maximum absolute atomic E-state index is 13.8. The first-order chi connectivity index (χ1) is 21.0. The molecule has 240 valence electrons. The number of halogens is 7. The second-order valence-corrected chi connectivity index (χ2v) is 11.7. The fourth-order valence-corrected chi connectivity index (χ4v) is 6.76. The molecule has 3 aliphatic rings. The Kier molecular flexibility index (Phi) is 8.69. The Balaban J connectivity index is 1.44. The Hall–Kier alpha value is -3.65. The number of phenols is 1. The highest BCUT2D eigenvalue weighted by Crippen LogP contribution is 2.52. The molecule has 2 N–H and O–H groups in total. The van der Waals surface area contributed by atoms with Gasteiger partial charge in [0.2, 0.25) is 11.8 Å². The van der Waals surface area contributed by atoms with Gasteiger partial charge in [-0.3, -0.25) is 9.59 Å². The summed E-state index contributed by atoms with van der Waals surface area (Å²) in [4.78, 5) is 27.7. The third-order valence-electron chi connectivity index (χ3n) is 8.81. The predicted octanol–water partition coefficient (Wildman–Crippen LogP) is 7.16. The van der Waals surface area contributed by atoms with Gasteiger partial charge >= 0.3 is 19.5 Å². The van der Waals surface area contributed by atoms with Crippen molar-refractivity contribution in [3.8, 4) is 5.75 Å². The lowest BCUT2D eigenvalue weighted by Gasteiger charge is -2.42. The van der Waals surface area contributed by atoms with Crippen molar-refractivity contribution in [2.24, 2.45) is 17.8 Å². The summed E-state index contributed by atoms with van der Waals surface area (Å²) in [7, 11) is -1.34. The molecule has 2 saturated heterocycles. The van der Waals surface area contributed by atoms with E-state index in [-0.39, 0.29) is 18.8 Å². The molecule has 2 aliphatic heterocycles. The fraction of sp³-hybridized carbons (Fsp3) is 0.419. The Morgan fingerprint density at radius 3 is 2.24 bits per heavy atom. The standard InChI is InChI=1S/C31H29BF7NO5/c1-3-16(9-17-4-6-24(41)23(33)10-17)5-7-25-26-15(2)8-21-27(22(26)14-32(44)45-25)29(43)40(28(21)42)20-12-18(30(34,35)36)11-19(13-20)31(37,38)39/h4,6,9-13,21-22,25,27,41,44H,3,5,7-8,14H2,1-2H3/b16-9+/t21-,22+,25-,27-/m1/s1. The van der Waals surface area contributed by atoms with Gasteiger partial charge in [-0.2, -0.15) is 26.3 Å². The molecule has 0 radical (unpaired) electrons. The van der Waals surface area contributed by atoms with E-state index in [9.17, 15) is 50.5 Å². The Morgan fingerprint density at radius 2 is 1.67 bits per heavy atom. The van der Waals surface area contributed by atoms with Gasteiger partial charge in [0.15, 0.2) is 11.6 Å². The number of carbonyl (C=O) groups is 2. The SMILES string of the molecule is CC/C(=C\c1ccc(O)c(F)c1)CC[C@H]1OB(O)C[C@H]2C1=C(C)C[C@H]1C(=O)N(c3cc(C(F)(F)F)cc(C(F)(F)F)c3)C(=O)[C@H]12. The summed E-state index contributed by atoms with van der Waals surface area (Å²) in [6.45, 7) is 3.63. The third-order valence-corrected chi connectivity index (χ3v) is 8.81. The van der Waals surface area contributed by atoms with Crippen LogP contribution in [0.4, 0.5) is 36.4 Å². The molecular formula is C31H29BF7NO5. The highest BCUT2D eigenvalue weighted by Gasteiger charge is 2.57. The van der Waals surface area contributed by atoms with Gasteiger partial charge in [0.05, 0.1) is 34.8 Å². The summed E-state index contributed by atoms with van der Waals surface area (Å²) in [6.07, 6.45) is -7.93. The number of hydrogen-bond acceptors (Lipinski definition) is 5. The Bertz CT molecular complexity index is 1550. The molecule has 2 heterocycles. The number of imide groups is 1. The first kappa shape index (κ1) is 32.7. The van der Waals surface area contributed by atoms with Crippen molar-refractivity contribution in [1.29, 1.82) is 0 Å².